The molecule has 0 radical (unpaired) electrons. The molecule has 0 spiro atoms. The second kappa shape index (κ2) is 11.3. The van der Waals surface area contributed by atoms with Crippen LogP contribution in [0.1, 0.15) is 36.0 Å². The van der Waals surface area contributed by atoms with Crippen molar-refractivity contribution < 1.29 is 17.9 Å². The molecule has 0 saturated carbocycles. The molecule has 1 aliphatic heterocycles. The van der Waals surface area contributed by atoms with E-state index in [9.17, 15) is 13.2 Å². The van der Waals surface area contributed by atoms with Gasteiger partial charge in [0.05, 0.1) is 10.5 Å². The minimum absolute atomic E-state index is 0.0918. The number of carbonyl (C=O) groups excluding carboxylic acids is 1. The maximum atomic E-state index is 13.2. The molecule has 4 rings (SSSR count). The maximum absolute atomic E-state index is 13.2. The summed E-state index contributed by atoms with van der Waals surface area (Å²) in [5, 5.41) is 2.19. The molecule has 0 aliphatic carbocycles. The Morgan fingerprint density at radius 3 is 2.44 bits per heavy atom. The van der Waals surface area contributed by atoms with Crippen LogP contribution in [0.2, 0.25) is 0 Å². The number of sulfonamides is 1. The quantitative estimate of drug-likeness (QED) is 0.352. The summed E-state index contributed by atoms with van der Waals surface area (Å²) in [6, 6.07) is 18.5. The predicted molar refractivity (Wildman–Crippen MR) is 137 cm³/mol. The average Bonchev–Trinajstić information content (AvgIpc) is 3.15. The highest BCUT2D eigenvalue weighted by Crippen LogP contribution is 2.26. The zero-order valence-electron chi connectivity index (χ0n) is 19.3. The van der Waals surface area contributed by atoms with E-state index in [4.69, 9.17) is 4.74 Å². The summed E-state index contributed by atoms with van der Waals surface area (Å²) in [6.07, 6.45) is 6.11. The Balaban J connectivity index is 1.41. The van der Waals surface area contributed by atoms with E-state index in [1.807, 2.05) is 53.6 Å². The molecule has 34 heavy (non-hydrogen) atoms. The lowest BCUT2D eigenvalue weighted by atomic mass is 10.1. The molecular weight excluding hydrogens is 468 g/mol. The van der Waals surface area contributed by atoms with Crippen LogP contribution in [0.3, 0.4) is 0 Å². The van der Waals surface area contributed by atoms with Crippen molar-refractivity contribution in [3.05, 3.63) is 66.2 Å². The molecule has 1 amide bonds. The number of rotatable bonds is 8. The molecule has 0 aromatic heterocycles. The minimum Gasteiger partial charge on any atom is -0.492 e. The van der Waals surface area contributed by atoms with E-state index in [0.29, 0.717) is 24.4 Å². The van der Waals surface area contributed by atoms with Gasteiger partial charge >= 0.3 is 0 Å². The van der Waals surface area contributed by atoms with Gasteiger partial charge in [0, 0.05) is 24.5 Å². The molecule has 1 heterocycles. The number of amides is 1. The second-order valence-electron chi connectivity index (χ2n) is 8.32. The zero-order valence-corrected chi connectivity index (χ0v) is 21.0. The molecule has 180 valence electrons. The number of benzene rings is 3. The Morgan fingerprint density at radius 2 is 1.71 bits per heavy atom. The summed E-state index contributed by atoms with van der Waals surface area (Å²) in [5.41, 5.74) is 0.449. The third kappa shape index (κ3) is 5.92. The van der Waals surface area contributed by atoms with E-state index >= 15 is 0 Å². The lowest BCUT2D eigenvalue weighted by Crippen LogP contribution is -2.33. The number of nitrogens with one attached hydrogen (secondary N) is 1. The first-order valence-corrected chi connectivity index (χ1v) is 14.3. The van der Waals surface area contributed by atoms with Crippen LogP contribution in [0.15, 0.2) is 70.5 Å². The summed E-state index contributed by atoms with van der Waals surface area (Å²) in [7, 11) is -3.78. The molecule has 1 N–H and O–H groups in total. The molecule has 1 fully saturated rings. The van der Waals surface area contributed by atoms with Crippen LogP contribution >= 0.6 is 11.8 Å². The summed E-state index contributed by atoms with van der Waals surface area (Å²) in [5.74, 6) is 0.593. The van der Waals surface area contributed by atoms with Crippen LogP contribution in [0.4, 0.5) is 0 Å². The standard InChI is InChI=1S/C26H30N2O4S2/c1-33-25-13-12-23(19-24(25)26(29)28-15-6-2-3-7-16-28)34(30,31)27-14-17-32-22-11-10-20-8-4-5-9-21(20)18-22/h4-5,8-13,18-19,27H,2-3,6-7,14-17H2,1H3. The van der Waals surface area contributed by atoms with E-state index < -0.39 is 10.0 Å². The molecule has 3 aromatic carbocycles. The minimum atomic E-state index is -3.78. The lowest BCUT2D eigenvalue weighted by molar-refractivity contribution is 0.0758. The molecule has 1 aliphatic rings. The number of nitrogens with zero attached hydrogens (tertiary/aromatic N) is 1. The van der Waals surface area contributed by atoms with Crippen molar-refractivity contribution in [3.8, 4) is 5.75 Å². The second-order valence-corrected chi connectivity index (χ2v) is 10.9. The van der Waals surface area contributed by atoms with Gasteiger partial charge in [-0.1, -0.05) is 43.2 Å². The highest BCUT2D eigenvalue weighted by Gasteiger charge is 2.23. The molecule has 8 heteroatoms. The highest BCUT2D eigenvalue weighted by atomic mass is 32.2. The summed E-state index contributed by atoms with van der Waals surface area (Å²) in [4.78, 5) is 15.9. The first-order chi connectivity index (χ1) is 16.5. The Hall–Kier alpha value is -2.55. The number of hydrogen-bond acceptors (Lipinski definition) is 5. The number of ether oxygens (including phenoxy) is 1. The van der Waals surface area contributed by atoms with Gasteiger partial charge in [-0.2, -0.15) is 0 Å². The van der Waals surface area contributed by atoms with Crippen molar-refractivity contribution in [2.45, 2.75) is 35.5 Å². The van der Waals surface area contributed by atoms with Crippen LogP contribution in [0, 0.1) is 0 Å². The third-order valence-electron chi connectivity index (χ3n) is 5.99. The maximum Gasteiger partial charge on any atom is 0.255 e. The van der Waals surface area contributed by atoms with Crippen molar-refractivity contribution >= 4 is 38.5 Å². The Labute approximate surface area is 205 Å². The predicted octanol–water partition coefficient (Wildman–Crippen LogP) is 4.94. The Morgan fingerprint density at radius 1 is 0.971 bits per heavy atom. The van der Waals surface area contributed by atoms with Gasteiger partial charge in [0.1, 0.15) is 12.4 Å². The summed E-state index contributed by atoms with van der Waals surface area (Å²) >= 11 is 1.45. The van der Waals surface area contributed by atoms with Gasteiger partial charge in [-0.05, 0) is 60.2 Å². The molecule has 3 aromatic rings. The summed E-state index contributed by atoms with van der Waals surface area (Å²) < 4.78 is 34.2. The topological polar surface area (TPSA) is 75.7 Å². The van der Waals surface area contributed by atoms with E-state index in [-0.39, 0.29) is 24.0 Å². The van der Waals surface area contributed by atoms with E-state index in [2.05, 4.69) is 4.72 Å². The smallest absolute Gasteiger partial charge is 0.255 e. The zero-order chi connectivity index (χ0) is 24.0. The monoisotopic (exact) mass is 498 g/mol. The fourth-order valence-electron chi connectivity index (χ4n) is 4.15. The van der Waals surface area contributed by atoms with Crippen molar-refractivity contribution in [3.63, 3.8) is 0 Å². The van der Waals surface area contributed by atoms with E-state index in [1.165, 1.54) is 17.8 Å². The molecular formula is C26H30N2O4S2. The van der Waals surface area contributed by atoms with Crippen LogP contribution in [0.5, 0.6) is 5.75 Å². The SMILES string of the molecule is CSc1ccc(S(=O)(=O)NCCOc2ccc3ccccc3c2)cc1C(=O)N1CCCCCC1. The van der Waals surface area contributed by atoms with Gasteiger partial charge in [-0.25, -0.2) is 13.1 Å². The van der Waals surface area contributed by atoms with Crippen LogP contribution < -0.4 is 9.46 Å². The van der Waals surface area contributed by atoms with Gasteiger partial charge in [0.2, 0.25) is 10.0 Å². The normalized spacial score (nSPS) is 14.7. The Kier molecular flexibility index (Phi) is 8.13. The van der Waals surface area contributed by atoms with Crippen LogP contribution in [-0.4, -0.2) is 51.7 Å². The van der Waals surface area contributed by atoms with E-state index in [0.717, 1.165) is 41.4 Å². The van der Waals surface area contributed by atoms with Crippen molar-refractivity contribution in [1.29, 1.82) is 0 Å². The lowest BCUT2D eigenvalue weighted by Gasteiger charge is -2.22. The molecule has 1 saturated heterocycles. The number of hydrogen-bond donors (Lipinski definition) is 1. The Bertz CT molecular complexity index is 1250. The van der Waals surface area contributed by atoms with Gasteiger partial charge in [-0.15, -0.1) is 11.8 Å². The van der Waals surface area contributed by atoms with Gasteiger partial charge < -0.3 is 9.64 Å². The number of fused-ring (bicyclic) bond motifs is 1. The van der Waals surface area contributed by atoms with Crippen LogP contribution in [-0.2, 0) is 10.0 Å². The van der Waals surface area contributed by atoms with Gasteiger partial charge in [0.25, 0.3) is 5.91 Å². The fraction of sp³-hybridized carbons (Fsp3) is 0.346. The molecule has 0 atom stereocenters. The van der Waals surface area contributed by atoms with Gasteiger partial charge in [0.15, 0.2) is 0 Å². The number of likely N-dealkylation sites (tertiary alicyclic amines) is 1. The first kappa shape index (κ1) is 24.6. The van der Waals surface area contributed by atoms with E-state index in [1.54, 1.807) is 12.1 Å². The largest absolute Gasteiger partial charge is 0.492 e. The van der Waals surface area contributed by atoms with Crippen molar-refractivity contribution in [1.82, 2.24) is 9.62 Å². The third-order valence-corrected chi connectivity index (χ3v) is 8.24. The first-order valence-electron chi connectivity index (χ1n) is 11.6. The summed E-state index contributed by atoms with van der Waals surface area (Å²) in [6.45, 7) is 1.75. The van der Waals surface area contributed by atoms with Gasteiger partial charge in [-0.3, -0.25) is 4.79 Å². The number of carbonyl (C=O) groups is 1. The number of thioether (sulfide) groups is 1. The fourth-order valence-corrected chi connectivity index (χ4v) is 5.76. The molecule has 6 nitrogen and oxygen atoms in total. The van der Waals surface area contributed by atoms with Crippen molar-refractivity contribution in [2.75, 3.05) is 32.5 Å². The van der Waals surface area contributed by atoms with Crippen molar-refractivity contribution in [2.24, 2.45) is 0 Å². The average molecular weight is 499 g/mol. The van der Waals surface area contributed by atoms with Crippen LogP contribution in [0.25, 0.3) is 10.8 Å². The molecule has 0 bridgehead atoms. The molecule has 0 unspecified atom stereocenters. The highest BCUT2D eigenvalue weighted by molar-refractivity contribution is 7.98.